The topological polar surface area (TPSA) is 13.1 Å². The first kappa shape index (κ1) is 11.0. The number of benzene rings is 1. The molecule has 0 atom stereocenters. The summed E-state index contributed by atoms with van der Waals surface area (Å²) in [5.74, 6) is -0.191. The average Bonchev–Trinajstić information content (AvgIpc) is 2.68. The van der Waals surface area contributed by atoms with Gasteiger partial charge in [-0.15, -0.1) is 0 Å². The van der Waals surface area contributed by atoms with Gasteiger partial charge in [-0.25, -0.2) is 4.39 Å². The van der Waals surface area contributed by atoms with E-state index in [1.54, 1.807) is 12.1 Å². The summed E-state index contributed by atoms with van der Waals surface area (Å²) in [5.41, 5.74) is 0.273. The van der Waals surface area contributed by atoms with Crippen LogP contribution in [0.2, 0.25) is 10.0 Å². The van der Waals surface area contributed by atoms with Crippen LogP contribution in [-0.4, -0.2) is 0 Å². The highest BCUT2D eigenvalue weighted by Gasteiger charge is 2.18. The van der Waals surface area contributed by atoms with Crippen LogP contribution in [0.25, 0.3) is 11.3 Å². The van der Waals surface area contributed by atoms with Crippen LogP contribution >= 0.6 is 39.1 Å². The first-order chi connectivity index (χ1) is 7.11. The Morgan fingerprint density at radius 2 is 2.07 bits per heavy atom. The zero-order valence-electron chi connectivity index (χ0n) is 7.23. The normalized spacial score (nSPS) is 10.7. The molecule has 78 valence electrons. The summed E-state index contributed by atoms with van der Waals surface area (Å²) >= 11 is 14.6. The molecular formula is C10H4BrCl2FO. The van der Waals surface area contributed by atoms with Gasteiger partial charge >= 0.3 is 0 Å². The second-order valence-electron chi connectivity index (χ2n) is 2.82. The molecule has 1 aromatic heterocycles. The Labute approximate surface area is 104 Å². The largest absolute Gasteiger partial charge is 0.464 e. The van der Waals surface area contributed by atoms with E-state index < -0.39 is 5.82 Å². The number of hydrogen-bond donors (Lipinski definition) is 0. The van der Waals surface area contributed by atoms with Crippen molar-refractivity contribution in [1.29, 1.82) is 0 Å². The predicted octanol–water partition coefficient (Wildman–Crippen LogP) is 5.16. The van der Waals surface area contributed by atoms with Crippen LogP contribution in [0.5, 0.6) is 0 Å². The third kappa shape index (κ3) is 1.92. The zero-order valence-corrected chi connectivity index (χ0v) is 10.3. The van der Waals surface area contributed by atoms with Crippen molar-refractivity contribution in [2.24, 2.45) is 0 Å². The Kier molecular flexibility index (Phi) is 3.05. The Balaban J connectivity index is 2.72. The molecule has 0 N–H and O–H groups in total. The fourth-order valence-corrected chi connectivity index (χ4v) is 2.28. The van der Waals surface area contributed by atoms with Gasteiger partial charge in [0.15, 0.2) is 5.82 Å². The van der Waals surface area contributed by atoms with Crippen LogP contribution in [0.15, 0.2) is 33.4 Å². The van der Waals surface area contributed by atoms with E-state index in [2.05, 4.69) is 15.9 Å². The molecule has 0 aliphatic rings. The molecule has 5 heteroatoms. The smallest absolute Gasteiger partial charge is 0.155 e. The third-order valence-corrected chi connectivity index (χ3v) is 3.27. The standard InChI is InChI=1S/C10H4BrCl2FO/c11-5-4-6(12)9(13)10(14)8(5)7-2-1-3-15-7/h1-4H. The maximum atomic E-state index is 13.8. The van der Waals surface area contributed by atoms with Gasteiger partial charge in [-0.1, -0.05) is 23.2 Å². The lowest BCUT2D eigenvalue weighted by atomic mass is 10.1. The molecule has 2 aromatic rings. The van der Waals surface area contributed by atoms with Gasteiger partial charge in [-0.3, -0.25) is 0 Å². The van der Waals surface area contributed by atoms with Crippen molar-refractivity contribution in [3.8, 4) is 11.3 Å². The molecule has 0 bridgehead atoms. The molecule has 15 heavy (non-hydrogen) atoms. The van der Waals surface area contributed by atoms with Crippen molar-refractivity contribution in [1.82, 2.24) is 0 Å². The molecule has 1 nitrogen and oxygen atoms in total. The summed E-state index contributed by atoms with van der Waals surface area (Å²) in [5, 5.41) is 0.0580. The maximum absolute atomic E-state index is 13.8. The molecule has 2 rings (SSSR count). The van der Waals surface area contributed by atoms with E-state index in [9.17, 15) is 4.39 Å². The zero-order chi connectivity index (χ0) is 11.0. The summed E-state index contributed by atoms with van der Waals surface area (Å²) in [7, 11) is 0. The van der Waals surface area contributed by atoms with E-state index in [0.29, 0.717) is 10.2 Å². The van der Waals surface area contributed by atoms with Crippen molar-refractivity contribution in [2.45, 2.75) is 0 Å². The summed E-state index contributed by atoms with van der Waals surface area (Å²) in [6.07, 6.45) is 1.46. The molecule has 0 amide bonds. The lowest BCUT2D eigenvalue weighted by Crippen LogP contribution is -1.87. The molecule has 0 saturated heterocycles. The van der Waals surface area contributed by atoms with E-state index in [0.717, 1.165) is 0 Å². The molecular weight excluding hydrogens is 306 g/mol. The van der Waals surface area contributed by atoms with Gasteiger partial charge in [0.25, 0.3) is 0 Å². The van der Waals surface area contributed by atoms with Gasteiger partial charge in [0.2, 0.25) is 0 Å². The summed E-state index contributed by atoms with van der Waals surface area (Å²) in [6.45, 7) is 0. The van der Waals surface area contributed by atoms with Crippen LogP contribution in [0.1, 0.15) is 0 Å². The fraction of sp³-hybridized carbons (Fsp3) is 0. The van der Waals surface area contributed by atoms with Crippen molar-refractivity contribution in [3.05, 3.63) is 44.8 Å². The molecule has 1 heterocycles. The Bertz CT molecular complexity index is 497. The van der Waals surface area contributed by atoms with Crippen LogP contribution in [0.4, 0.5) is 4.39 Å². The SMILES string of the molecule is Fc1c(Cl)c(Cl)cc(Br)c1-c1ccco1. The third-order valence-electron chi connectivity index (χ3n) is 1.88. The lowest BCUT2D eigenvalue weighted by molar-refractivity contribution is 0.569. The number of rotatable bonds is 1. The molecule has 0 unspecified atom stereocenters. The molecule has 0 aliphatic heterocycles. The van der Waals surface area contributed by atoms with Crippen LogP contribution in [0, 0.1) is 5.82 Å². The first-order valence-electron chi connectivity index (χ1n) is 3.98. The highest BCUT2D eigenvalue weighted by molar-refractivity contribution is 9.10. The quantitative estimate of drug-likeness (QED) is 0.524. The van der Waals surface area contributed by atoms with E-state index in [1.165, 1.54) is 12.3 Å². The van der Waals surface area contributed by atoms with Crippen molar-refractivity contribution >= 4 is 39.1 Å². The van der Waals surface area contributed by atoms with Gasteiger partial charge in [0.05, 0.1) is 21.9 Å². The first-order valence-corrected chi connectivity index (χ1v) is 5.53. The average molecular weight is 310 g/mol. The minimum absolute atomic E-state index is 0.105. The Morgan fingerprint density at radius 3 is 2.67 bits per heavy atom. The second kappa shape index (κ2) is 4.16. The van der Waals surface area contributed by atoms with Gasteiger partial charge in [0, 0.05) is 4.47 Å². The van der Waals surface area contributed by atoms with E-state index in [1.807, 2.05) is 0 Å². The minimum atomic E-state index is -0.592. The summed E-state index contributed by atoms with van der Waals surface area (Å²) in [6, 6.07) is 4.85. The monoisotopic (exact) mass is 308 g/mol. The second-order valence-corrected chi connectivity index (χ2v) is 4.46. The fourth-order valence-electron chi connectivity index (χ4n) is 1.21. The molecule has 0 spiro atoms. The molecule has 0 fully saturated rings. The van der Waals surface area contributed by atoms with Gasteiger partial charge in [0.1, 0.15) is 5.76 Å². The summed E-state index contributed by atoms with van der Waals surface area (Å²) in [4.78, 5) is 0. The molecule has 1 aromatic carbocycles. The predicted molar refractivity (Wildman–Crippen MR) is 61.8 cm³/mol. The number of halogens is 4. The Morgan fingerprint density at radius 1 is 1.33 bits per heavy atom. The number of hydrogen-bond acceptors (Lipinski definition) is 1. The van der Waals surface area contributed by atoms with E-state index in [4.69, 9.17) is 27.6 Å². The summed E-state index contributed by atoms with van der Waals surface area (Å²) < 4.78 is 19.4. The van der Waals surface area contributed by atoms with Crippen molar-refractivity contribution in [3.63, 3.8) is 0 Å². The van der Waals surface area contributed by atoms with Crippen molar-refractivity contribution in [2.75, 3.05) is 0 Å². The van der Waals surface area contributed by atoms with Gasteiger partial charge in [-0.05, 0) is 34.1 Å². The van der Waals surface area contributed by atoms with Crippen LogP contribution in [-0.2, 0) is 0 Å². The van der Waals surface area contributed by atoms with Crippen molar-refractivity contribution < 1.29 is 8.81 Å². The van der Waals surface area contributed by atoms with Crippen LogP contribution < -0.4 is 0 Å². The highest BCUT2D eigenvalue weighted by Crippen LogP contribution is 2.38. The van der Waals surface area contributed by atoms with Gasteiger partial charge in [-0.2, -0.15) is 0 Å². The Hall–Kier alpha value is -0.510. The maximum Gasteiger partial charge on any atom is 0.155 e. The lowest BCUT2D eigenvalue weighted by Gasteiger charge is -2.06. The number of furan rings is 1. The molecule has 0 saturated carbocycles. The minimum Gasteiger partial charge on any atom is -0.464 e. The van der Waals surface area contributed by atoms with E-state index in [-0.39, 0.29) is 15.6 Å². The highest BCUT2D eigenvalue weighted by atomic mass is 79.9. The molecule has 0 radical (unpaired) electrons. The van der Waals surface area contributed by atoms with E-state index >= 15 is 0 Å². The van der Waals surface area contributed by atoms with Gasteiger partial charge < -0.3 is 4.42 Å². The van der Waals surface area contributed by atoms with Crippen LogP contribution in [0.3, 0.4) is 0 Å². The molecule has 0 aliphatic carbocycles.